The van der Waals surface area contributed by atoms with Crippen LogP contribution in [0, 0.1) is 0 Å². The molecule has 0 N–H and O–H groups in total. The molecule has 0 saturated heterocycles. The zero-order chi connectivity index (χ0) is 7.33. The van der Waals surface area contributed by atoms with E-state index in [9.17, 15) is 0 Å². The van der Waals surface area contributed by atoms with Crippen molar-refractivity contribution in [3.63, 3.8) is 0 Å². The van der Waals surface area contributed by atoms with Gasteiger partial charge in [0.25, 0.3) is 0 Å². The Hall–Kier alpha value is -0.0800. The van der Waals surface area contributed by atoms with E-state index >= 15 is 0 Å². The van der Waals surface area contributed by atoms with Crippen LogP contribution in [0.4, 0.5) is 0 Å². The molecule has 0 aliphatic rings. The number of hydrogen-bond acceptors (Lipinski definition) is 2. The van der Waals surface area contributed by atoms with Gasteiger partial charge in [-0.15, -0.1) is 0 Å². The van der Waals surface area contributed by atoms with Crippen LogP contribution >= 0.6 is 0 Å². The van der Waals surface area contributed by atoms with Gasteiger partial charge >= 0.3 is 0 Å². The molecule has 0 aromatic heterocycles. The third-order valence-electron chi connectivity index (χ3n) is 1.25. The quantitative estimate of drug-likeness (QED) is 0.431. The van der Waals surface area contributed by atoms with E-state index in [1.807, 2.05) is 20.8 Å². The fourth-order valence-corrected chi connectivity index (χ4v) is 0.277. The van der Waals surface area contributed by atoms with Crippen LogP contribution in [-0.4, -0.2) is 12.2 Å². The summed E-state index contributed by atoms with van der Waals surface area (Å²) in [6, 6.07) is 0. The van der Waals surface area contributed by atoms with Crippen LogP contribution in [0.5, 0.6) is 0 Å². The molecule has 0 saturated carbocycles. The van der Waals surface area contributed by atoms with Crippen molar-refractivity contribution in [1.29, 1.82) is 0 Å². The molecule has 0 unspecified atom stereocenters. The van der Waals surface area contributed by atoms with Crippen molar-refractivity contribution >= 4 is 0 Å². The van der Waals surface area contributed by atoms with Crippen LogP contribution in [-0.2, 0) is 9.78 Å². The van der Waals surface area contributed by atoms with Gasteiger partial charge in [0.15, 0.2) is 0 Å². The van der Waals surface area contributed by atoms with E-state index in [2.05, 4.69) is 6.92 Å². The maximum absolute atomic E-state index is 5.03. The first-order chi connectivity index (χ1) is 4.12. The highest BCUT2D eigenvalue weighted by Crippen LogP contribution is 2.12. The van der Waals surface area contributed by atoms with Gasteiger partial charge in [-0.2, -0.15) is 0 Å². The lowest BCUT2D eigenvalue weighted by Crippen LogP contribution is -2.22. The standard InChI is InChI=1S/C7H16O2/c1-5-7(3,4)9-8-6-2/h5-6H2,1-4H3. The van der Waals surface area contributed by atoms with Crippen molar-refractivity contribution in [2.24, 2.45) is 0 Å². The molecular formula is C7H16O2. The molecule has 0 fully saturated rings. The first-order valence-electron chi connectivity index (χ1n) is 3.43. The van der Waals surface area contributed by atoms with E-state index in [0.29, 0.717) is 6.61 Å². The van der Waals surface area contributed by atoms with Crippen LogP contribution in [0.2, 0.25) is 0 Å². The second-order valence-electron chi connectivity index (χ2n) is 2.60. The van der Waals surface area contributed by atoms with Crippen LogP contribution in [0.25, 0.3) is 0 Å². The summed E-state index contributed by atoms with van der Waals surface area (Å²) in [6.45, 7) is 8.60. The summed E-state index contributed by atoms with van der Waals surface area (Å²) in [5, 5.41) is 0. The zero-order valence-electron chi connectivity index (χ0n) is 6.73. The Labute approximate surface area is 57.1 Å². The van der Waals surface area contributed by atoms with E-state index < -0.39 is 0 Å². The van der Waals surface area contributed by atoms with E-state index in [1.54, 1.807) is 0 Å². The molecule has 0 aliphatic carbocycles. The molecule has 0 radical (unpaired) electrons. The second kappa shape index (κ2) is 3.85. The summed E-state index contributed by atoms with van der Waals surface area (Å²) in [4.78, 5) is 9.82. The van der Waals surface area contributed by atoms with E-state index in [0.717, 1.165) is 6.42 Å². The lowest BCUT2D eigenvalue weighted by Gasteiger charge is -2.20. The van der Waals surface area contributed by atoms with Crippen LogP contribution in [0.3, 0.4) is 0 Å². The Morgan fingerprint density at radius 1 is 1.22 bits per heavy atom. The Kier molecular flexibility index (Phi) is 3.82. The Bertz CT molecular complexity index is 69.3. The van der Waals surface area contributed by atoms with Crippen molar-refractivity contribution < 1.29 is 9.78 Å². The Morgan fingerprint density at radius 2 is 1.78 bits per heavy atom. The van der Waals surface area contributed by atoms with Gasteiger partial charge in [0.05, 0.1) is 12.2 Å². The smallest absolute Gasteiger partial charge is 0.0977 e. The molecule has 0 bridgehead atoms. The molecule has 0 aliphatic heterocycles. The molecule has 0 spiro atoms. The van der Waals surface area contributed by atoms with Gasteiger partial charge in [-0.05, 0) is 27.2 Å². The fourth-order valence-electron chi connectivity index (χ4n) is 0.277. The van der Waals surface area contributed by atoms with Crippen molar-refractivity contribution in [3.8, 4) is 0 Å². The van der Waals surface area contributed by atoms with Crippen molar-refractivity contribution in [2.75, 3.05) is 6.61 Å². The summed E-state index contributed by atoms with van der Waals surface area (Å²) in [5.74, 6) is 0. The average Bonchev–Trinajstić information content (AvgIpc) is 1.84. The molecule has 0 atom stereocenters. The van der Waals surface area contributed by atoms with Gasteiger partial charge in [-0.25, -0.2) is 9.78 Å². The summed E-state index contributed by atoms with van der Waals surface area (Å²) in [7, 11) is 0. The normalized spacial score (nSPS) is 12.0. The van der Waals surface area contributed by atoms with Crippen LogP contribution < -0.4 is 0 Å². The third kappa shape index (κ3) is 4.43. The highest BCUT2D eigenvalue weighted by Gasteiger charge is 2.15. The summed E-state index contributed by atoms with van der Waals surface area (Å²) >= 11 is 0. The molecule has 0 amide bonds. The molecule has 9 heavy (non-hydrogen) atoms. The predicted octanol–water partition coefficient (Wildman–Crippen LogP) is 2.14. The summed E-state index contributed by atoms with van der Waals surface area (Å²) in [5.41, 5.74) is -0.129. The van der Waals surface area contributed by atoms with Crippen LogP contribution in [0.15, 0.2) is 0 Å². The largest absolute Gasteiger partial charge is 0.236 e. The molecule has 2 nitrogen and oxygen atoms in total. The fraction of sp³-hybridized carbons (Fsp3) is 1.00. The topological polar surface area (TPSA) is 18.5 Å². The van der Waals surface area contributed by atoms with Crippen molar-refractivity contribution in [3.05, 3.63) is 0 Å². The molecule has 0 aromatic carbocycles. The highest BCUT2D eigenvalue weighted by molar-refractivity contribution is 4.61. The molecular weight excluding hydrogens is 116 g/mol. The number of hydrogen-bond donors (Lipinski definition) is 0. The van der Waals surface area contributed by atoms with Crippen LogP contribution in [0.1, 0.15) is 34.1 Å². The predicted molar refractivity (Wildman–Crippen MR) is 37.1 cm³/mol. The van der Waals surface area contributed by atoms with E-state index in [4.69, 9.17) is 9.78 Å². The summed E-state index contributed by atoms with van der Waals surface area (Å²) in [6.07, 6.45) is 0.965. The number of rotatable bonds is 4. The molecule has 0 aromatic rings. The zero-order valence-corrected chi connectivity index (χ0v) is 6.73. The minimum absolute atomic E-state index is 0.129. The summed E-state index contributed by atoms with van der Waals surface area (Å²) < 4.78 is 0. The maximum atomic E-state index is 5.03. The van der Waals surface area contributed by atoms with Gasteiger partial charge in [0, 0.05) is 0 Å². The average molecular weight is 132 g/mol. The third-order valence-corrected chi connectivity index (χ3v) is 1.25. The van der Waals surface area contributed by atoms with Crippen molar-refractivity contribution in [1.82, 2.24) is 0 Å². The highest BCUT2D eigenvalue weighted by atomic mass is 17.2. The molecule has 0 rings (SSSR count). The minimum Gasteiger partial charge on any atom is -0.236 e. The van der Waals surface area contributed by atoms with E-state index in [1.165, 1.54) is 0 Å². The SMILES string of the molecule is CCOOC(C)(C)CC. The molecule has 2 heteroatoms. The molecule has 56 valence electrons. The lowest BCUT2D eigenvalue weighted by molar-refractivity contribution is -0.350. The van der Waals surface area contributed by atoms with Gasteiger partial charge < -0.3 is 0 Å². The second-order valence-corrected chi connectivity index (χ2v) is 2.60. The van der Waals surface area contributed by atoms with Gasteiger partial charge in [-0.1, -0.05) is 6.92 Å². The van der Waals surface area contributed by atoms with Gasteiger partial charge in [-0.3, -0.25) is 0 Å². The van der Waals surface area contributed by atoms with Crippen molar-refractivity contribution in [2.45, 2.75) is 39.7 Å². The van der Waals surface area contributed by atoms with E-state index in [-0.39, 0.29) is 5.60 Å². The molecule has 0 heterocycles. The first-order valence-corrected chi connectivity index (χ1v) is 3.43. The maximum Gasteiger partial charge on any atom is 0.0977 e. The minimum atomic E-state index is -0.129. The monoisotopic (exact) mass is 132 g/mol. The Morgan fingerprint density at radius 3 is 2.11 bits per heavy atom. The lowest BCUT2D eigenvalue weighted by atomic mass is 10.1. The Balaban J connectivity index is 3.33. The first kappa shape index (κ1) is 8.92. The van der Waals surface area contributed by atoms with Gasteiger partial charge in [0.2, 0.25) is 0 Å². The van der Waals surface area contributed by atoms with Gasteiger partial charge in [0.1, 0.15) is 0 Å².